The topological polar surface area (TPSA) is 50.1 Å². The SMILES string of the molecule is N#CCOC(=O)C1CCC(F)CC1. The van der Waals surface area contributed by atoms with Gasteiger partial charge in [-0.2, -0.15) is 5.26 Å². The van der Waals surface area contributed by atoms with Gasteiger partial charge in [-0.15, -0.1) is 0 Å². The number of hydrogen-bond donors (Lipinski definition) is 0. The fourth-order valence-electron chi connectivity index (χ4n) is 1.51. The number of ether oxygens (including phenoxy) is 1. The van der Waals surface area contributed by atoms with Crippen LogP contribution in [-0.2, 0) is 9.53 Å². The number of nitriles is 1. The molecule has 1 fully saturated rings. The first-order chi connectivity index (χ1) is 6.24. The minimum absolute atomic E-state index is 0.194. The molecule has 3 nitrogen and oxygen atoms in total. The second-order valence-electron chi connectivity index (χ2n) is 3.21. The second kappa shape index (κ2) is 4.80. The van der Waals surface area contributed by atoms with Gasteiger partial charge in [0, 0.05) is 0 Å². The van der Waals surface area contributed by atoms with Gasteiger partial charge in [-0.1, -0.05) is 0 Å². The van der Waals surface area contributed by atoms with Crippen LogP contribution in [-0.4, -0.2) is 18.7 Å². The first-order valence-corrected chi connectivity index (χ1v) is 4.41. The highest BCUT2D eigenvalue weighted by Crippen LogP contribution is 2.26. The van der Waals surface area contributed by atoms with Gasteiger partial charge >= 0.3 is 5.97 Å². The molecule has 13 heavy (non-hydrogen) atoms. The van der Waals surface area contributed by atoms with Crippen molar-refractivity contribution < 1.29 is 13.9 Å². The van der Waals surface area contributed by atoms with E-state index in [1.807, 2.05) is 0 Å². The third-order valence-electron chi connectivity index (χ3n) is 2.27. The first-order valence-electron chi connectivity index (χ1n) is 4.41. The minimum Gasteiger partial charge on any atom is -0.450 e. The van der Waals surface area contributed by atoms with E-state index < -0.39 is 6.17 Å². The van der Waals surface area contributed by atoms with Crippen molar-refractivity contribution >= 4 is 5.97 Å². The minimum atomic E-state index is -0.764. The Bertz CT molecular complexity index is 216. The normalized spacial score (nSPS) is 27.7. The molecule has 1 aliphatic rings. The molecule has 1 aliphatic carbocycles. The maximum Gasteiger partial charge on any atom is 0.309 e. The summed E-state index contributed by atoms with van der Waals surface area (Å²) in [5.41, 5.74) is 0. The molecule has 0 bridgehead atoms. The first kappa shape index (κ1) is 9.97. The van der Waals surface area contributed by atoms with Crippen LogP contribution in [0.4, 0.5) is 4.39 Å². The van der Waals surface area contributed by atoms with Crippen LogP contribution in [0.1, 0.15) is 25.7 Å². The zero-order valence-corrected chi connectivity index (χ0v) is 7.33. The summed E-state index contributed by atoms with van der Waals surface area (Å²) in [7, 11) is 0. The van der Waals surface area contributed by atoms with E-state index in [0.717, 1.165) is 0 Å². The molecular formula is C9H12FNO2. The van der Waals surface area contributed by atoms with Crippen LogP contribution in [0, 0.1) is 17.2 Å². The lowest BCUT2D eigenvalue weighted by Crippen LogP contribution is -2.24. The van der Waals surface area contributed by atoms with Crippen molar-refractivity contribution in [3.05, 3.63) is 0 Å². The monoisotopic (exact) mass is 185 g/mol. The van der Waals surface area contributed by atoms with Crippen molar-refractivity contribution in [1.29, 1.82) is 5.26 Å². The standard InChI is InChI=1S/C9H12FNO2/c10-8-3-1-7(2-4-8)9(12)13-6-5-11/h7-8H,1-4,6H2. The average molecular weight is 185 g/mol. The Balaban J connectivity index is 2.28. The quantitative estimate of drug-likeness (QED) is 0.614. The van der Waals surface area contributed by atoms with Gasteiger partial charge in [0.25, 0.3) is 0 Å². The summed E-state index contributed by atoms with van der Waals surface area (Å²) in [6, 6.07) is 1.73. The number of carbonyl (C=O) groups is 1. The molecule has 4 heteroatoms. The fourth-order valence-corrected chi connectivity index (χ4v) is 1.51. The molecule has 0 spiro atoms. The summed E-state index contributed by atoms with van der Waals surface area (Å²) in [6.45, 7) is -0.200. The molecule has 0 heterocycles. The fraction of sp³-hybridized carbons (Fsp3) is 0.778. The van der Waals surface area contributed by atoms with Crippen molar-refractivity contribution in [3.63, 3.8) is 0 Å². The van der Waals surface area contributed by atoms with Gasteiger partial charge in [-0.25, -0.2) is 4.39 Å². The van der Waals surface area contributed by atoms with E-state index in [-0.39, 0.29) is 18.5 Å². The lowest BCUT2D eigenvalue weighted by Gasteiger charge is -2.21. The highest BCUT2D eigenvalue weighted by Gasteiger charge is 2.26. The van der Waals surface area contributed by atoms with Crippen molar-refractivity contribution in [2.24, 2.45) is 5.92 Å². The second-order valence-corrected chi connectivity index (χ2v) is 3.21. The number of halogens is 1. The molecule has 0 atom stereocenters. The molecule has 0 aromatic carbocycles. The number of esters is 1. The Labute approximate surface area is 76.5 Å². The number of rotatable bonds is 2. The molecule has 0 N–H and O–H groups in total. The van der Waals surface area contributed by atoms with E-state index in [2.05, 4.69) is 4.74 Å². The number of carbonyl (C=O) groups excluding carboxylic acids is 1. The summed E-state index contributed by atoms with van der Waals surface area (Å²) in [4.78, 5) is 11.2. The zero-order chi connectivity index (χ0) is 9.68. The van der Waals surface area contributed by atoms with Gasteiger partial charge in [-0.3, -0.25) is 4.79 Å². The molecule has 0 saturated heterocycles. The lowest BCUT2D eigenvalue weighted by molar-refractivity contribution is -0.148. The summed E-state index contributed by atoms with van der Waals surface area (Å²) >= 11 is 0. The zero-order valence-electron chi connectivity index (χ0n) is 7.33. The van der Waals surface area contributed by atoms with Gasteiger partial charge in [0.15, 0.2) is 6.61 Å². The van der Waals surface area contributed by atoms with Crippen LogP contribution >= 0.6 is 0 Å². The van der Waals surface area contributed by atoms with E-state index in [1.165, 1.54) is 0 Å². The van der Waals surface area contributed by atoms with E-state index in [9.17, 15) is 9.18 Å². The average Bonchev–Trinajstić information content (AvgIpc) is 2.15. The molecule has 0 amide bonds. The van der Waals surface area contributed by atoms with Gasteiger partial charge in [0.05, 0.1) is 5.92 Å². The van der Waals surface area contributed by atoms with Gasteiger partial charge in [0.1, 0.15) is 12.2 Å². The molecule has 1 rings (SSSR count). The van der Waals surface area contributed by atoms with Crippen LogP contribution in [0.2, 0.25) is 0 Å². The van der Waals surface area contributed by atoms with Gasteiger partial charge < -0.3 is 4.74 Å². The largest absolute Gasteiger partial charge is 0.450 e. The Morgan fingerprint density at radius 2 is 2.08 bits per heavy atom. The Kier molecular flexibility index (Phi) is 3.69. The van der Waals surface area contributed by atoms with Gasteiger partial charge in [-0.05, 0) is 25.7 Å². The molecule has 0 radical (unpaired) electrons. The molecule has 0 aromatic heterocycles. The van der Waals surface area contributed by atoms with Crippen molar-refractivity contribution in [2.45, 2.75) is 31.9 Å². The Morgan fingerprint density at radius 1 is 1.46 bits per heavy atom. The van der Waals surface area contributed by atoms with E-state index >= 15 is 0 Å². The molecule has 0 aromatic rings. The molecule has 1 saturated carbocycles. The Morgan fingerprint density at radius 3 is 2.62 bits per heavy atom. The molecule has 0 unspecified atom stereocenters. The third kappa shape index (κ3) is 3.02. The molecule has 0 aliphatic heterocycles. The Hall–Kier alpha value is -1.11. The highest BCUT2D eigenvalue weighted by molar-refractivity contribution is 5.72. The maximum absolute atomic E-state index is 12.7. The van der Waals surface area contributed by atoms with Crippen LogP contribution < -0.4 is 0 Å². The maximum atomic E-state index is 12.7. The smallest absolute Gasteiger partial charge is 0.309 e. The number of hydrogen-bond acceptors (Lipinski definition) is 3. The highest BCUT2D eigenvalue weighted by atomic mass is 19.1. The molecular weight excluding hydrogens is 173 g/mol. The summed E-state index contributed by atoms with van der Waals surface area (Å²) in [6.07, 6.45) is 1.20. The van der Waals surface area contributed by atoms with Crippen molar-refractivity contribution in [1.82, 2.24) is 0 Å². The number of nitrogens with zero attached hydrogens (tertiary/aromatic N) is 1. The van der Waals surface area contributed by atoms with Crippen LogP contribution in [0.5, 0.6) is 0 Å². The summed E-state index contributed by atoms with van der Waals surface area (Å²) < 4.78 is 17.3. The van der Waals surface area contributed by atoms with Crippen LogP contribution in [0.15, 0.2) is 0 Å². The van der Waals surface area contributed by atoms with Gasteiger partial charge in [0.2, 0.25) is 0 Å². The predicted octanol–water partition coefficient (Wildman–Crippen LogP) is 1.58. The van der Waals surface area contributed by atoms with Crippen molar-refractivity contribution in [2.75, 3.05) is 6.61 Å². The van der Waals surface area contributed by atoms with E-state index in [0.29, 0.717) is 25.7 Å². The van der Waals surface area contributed by atoms with E-state index in [1.54, 1.807) is 6.07 Å². The molecule has 72 valence electrons. The van der Waals surface area contributed by atoms with Crippen LogP contribution in [0.3, 0.4) is 0 Å². The summed E-state index contributed by atoms with van der Waals surface area (Å²) in [5.74, 6) is -0.547. The number of alkyl halides is 1. The van der Waals surface area contributed by atoms with E-state index in [4.69, 9.17) is 5.26 Å². The lowest BCUT2D eigenvalue weighted by atomic mass is 9.88. The van der Waals surface area contributed by atoms with Crippen molar-refractivity contribution in [3.8, 4) is 6.07 Å². The third-order valence-corrected chi connectivity index (χ3v) is 2.27. The predicted molar refractivity (Wildman–Crippen MR) is 43.4 cm³/mol. The summed E-state index contributed by atoms with van der Waals surface area (Å²) in [5, 5.41) is 8.17. The van der Waals surface area contributed by atoms with Crippen LogP contribution in [0.25, 0.3) is 0 Å².